The summed E-state index contributed by atoms with van der Waals surface area (Å²) in [4.78, 5) is 27.7. The summed E-state index contributed by atoms with van der Waals surface area (Å²) in [5.74, 6) is 0.787. The van der Waals surface area contributed by atoms with Gasteiger partial charge >= 0.3 is 0 Å². The van der Waals surface area contributed by atoms with Crippen molar-refractivity contribution in [2.75, 3.05) is 32.1 Å². The molecule has 1 heterocycles. The molecule has 1 fully saturated rings. The molecular weight excluding hydrogens is 380 g/mol. The Labute approximate surface area is 178 Å². The predicted molar refractivity (Wildman–Crippen MR) is 118 cm³/mol. The van der Waals surface area contributed by atoms with E-state index in [1.165, 1.54) is 0 Å². The van der Waals surface area contributed by atoms with Crippen LogP contribution in [0, 0.1) is 0 Å². The van der Waals surface area contributed by atoms with Crippen molar-refractivity contribution in [2.45, 2.75) is 39.0 Å². The van der Waals surface area contributed by atoms with E-state index in [1.54, 1.807) is 37.4 Å². The lowest BCUT2D eigenvalue weighted by Crippen LogP contribution is -2.36. The van der Waals surface area contributed by atoms with Crippen LogP contribution in [0.1, 0.15) is 59.7 Å². The fourth-order valence-corrected chi connectivity index (χ4v) is 3.49. The molecule has 0 bridgehead atoms. The van der Waals surface area contributed by atoms with Crippen molar-refractivity contribution >= 4 is 17.5 Å². The lowest BCUT2D eigenvalue weighted by atomic mass is 10.1. The number of likely N-dealkylation sites (tertiary alicyclic amines) is 1. The van der Waals surface area contributed by atoms with Gasteiger partial charge in [0, 0.05) is 18.7 Å². The monoisotopic (exact) mass is 410 g/mol. The van der Waals surface area contributed by atoms with Gasteiger partial charge in [0.05, 0.1) is 25.0 Å². The van der Waals surface area contributed by atoms with E-state index in [9.17, 15) is 9.59 Å². The van der Waals surface area contributed by atoms with Gasteiger partial charge in [0.2, 0.25) is 0 Å². The number of methoxy groups -OCH3 is 1. The van der Waals surface area contributed by atoms with Crippen LogP contribution in [0.5, 0.6) is 11.5 Å². The molecule has 6 nitrogen and oxygen atoms in total. The Kier molecular flexibility index (Phi) is 7.71. The lowest BCUT2D eigenvalue weighted by molar-refractivity contribution is 0.0725. The van der Waals surface area contributed by atoms with Crippen LogP contribution in [0.25, 0.3) is 0 Å². The molecule has 3 rings (SSSR count). The lowest BCUT2D eigenvalue weighted by Gasteiger charge is -2.27. The van der Waals surface area contributed by atoms with E-state index in [-0.39, 0.29) is 11.8 Å². The van der Waals surface area contributed by atoms with Crippen LogP contribution in [-0.2, 0) is 0 Å². The smallest absolute Gasteiger partial charge is 0.255 e. The number of nitrogens with zero attached hydrogens (tertiary/aromatic N) is 1. The summed E-state index contributed by atoms with van der Waals surface area (Å²) in [6.07, 6.45) is 5.19. The number of hydrogen-bond donors (Lipinski definition) is 1. The summed E-state index contributed by atoms with van der Waals surface area (Å²) in [5, 5.41) is 2.89. The van der Waals surface area contributed by atoms with Crippen LogP contribution >= 0.6 is 0 Å². The Morgan fingerprint density at radius 1 is 1.03 bits per heavy atom. The number of rotatable bonds is 8. The zero-order valence-electron chi connectivity index (χ0n) is 17.8. The maximum absolute atomic E-state index is 12.9. The van der Waals surface area contributed by atoms with E-state index < -0.39 is 0 Å². The number of unbranched alkanes of at least 4 members (excludes halogenated alkanes) is 1. The normalized spacial score (nSPS) is 13.6. The number of benzene rings is 2. The van der Waals surface area contributed by atoms with Gasteiger partial charge in [-0.3, -0.25) is 9.59 Å². The number of hydrogen-bond acceptors (Lipinski definition) is 4. The van der Waals surface area contributed by atoms with Crippen LogP contribution in [-0.4, -0.2) is 43.5 Å². The second-order valence-electron chi connectivity index (χ2n) is 7.42. The summed E-state index contributed by atoms with van der Waals surface area (Å²) in [5.41, 5.74) is 1.47. The number of nitrogens with one attached hydrogen (secondary N) is 1. The van der Waals surface area contributed by atoms with Gasteiger partial charge in [-0.1, -0.05) is 25.5 Å². The highest BCUT2D eigenvalue weighted by molar-refractivity contribution is 6.09. The van der Waals surface area contributed by atoms with E-state index in [1.807, 2.05) is 17.0 Å². The largest absolute Gasteiger partial charge is 0.493 e. The van der Waals surface area contributed by atoms with Gasteiger partial charge in [0.1, 0.15) is 0 Å². The first-order valence-corrected chi connectivity index (χ1v) is 10.6. The first-order valence-electron chi connectivity index (χ1n) is 10.6. The summed E-state index contributed by atoms with van der Waals surface area (Å²) in [7, 11) is 1.55. The van der Waals surface area contributed by atoms with Crippen LogP contribution < -0.4 is 14.8 Å². The van der Waals surface area contributed by atoms with Crippen molar-refractivity contribution in [3.63, 3.8) is 0 Å². The van der Waals surface area contributed by atoms with Crippen LogP contribution in [0.15, 0.2) is 42.5 Å². The zero-order chi connectivity index (χ0) is 21.3. The average Bonchev–Trinajstić information content (AvgIpc) is 2.79. The van der Waals surface area contributed by atoms with Gasteiger partial charge < -0.3 is 19.7 Å². The highest BCUT2D eigenvalue weighted by Crippen LogP contribution is 2.29. The topological polar surface area (TPSA) is 67.9 Å². The molecule has 0 saturated carbocycles. The molecule has 1 N–H and O–H groups in total. The van der Waals surface area contributed by atoms with Crippen molar-refractivity contribution in [2.24, 2.45) is 0 Å². The summed E-state index contributed by atoms with van der Waals surface area (Å²) in [6.45, 7) is 4.22. The molecule has 1 aliphatic heterocycles. The second kappa shape index (κ2) is 10.7. The number of ether oxygens (including phenoxy) is 2. The third kappa shape index (κ3) is 5.32. The quantitative estimate of drug-likeness (QED) is 0.638. The third-order valence-corrected chi connectivity index (χ3v) is 5.23. The Hall–Kier alpha value is -3.02. The number of carbonyl (C=O) groups excluding carboxylic acids is 2. The van der Waals surface area contributed by atoms with Gasteiger partial charge in [-0.25, -0.2) is 0 Å². The first kappa shape index (κ1) is 21.7. The highest BCUT2D eigenvalue weighted by Gasteiger charge is 2.21. The minimum atomic E-state index is -0.299. The average molecular weight is 411 g/mol. The van der Waals surface area contributed by atoms with Crippen molar-refractivity contribution < 1.29 is 19.1 Å². The molecule has 30 heavy (non-hydrogen) atoms. The molecule has 2 aromatic rings. The van der Waals surface area contributed by atoms with E-state index in [4.69, 9.17) is 9.47 Å². The standard InChI is InChI=1S/C24H30N2O4/c1-3-4-16-30-21-13-12-18(17-22(21)29-2)23(27)25-20-11-7-6-10-19(20)24(28)26-14-8-5-9-15-26/h6-7,10-13,17H,3-5,8-9,14-16H2,1-2H3,(H,25,27). The molecule has 0 unspecified atom stereocenters. The highest BCUT2D eigenvalue weighted by atomic mass is 16.5. The van der Waals surface area contributed by atoms with Gasteiger partial charge in [0.15, 0.2) is 11.5 Å². The molecule has 1 aliphatic rings. The maximum Gasteiger partial charge on any atom is 0.255 e. The predicted octanol–water partition coefficient (Wildman–Crippen LogP) is 4.75. The van der Waals surface area contributed by atoms with Crippen molar-refractivity contribution in [3.8, 4) is 11.5 Å². The number of carbonyl (C=O) groups is 2. The van der Waals surface area contributed by atoms with E-state index in [0.717, 1.165) is 45.2 Å². The summed E-state index contributed by atoms with van der Waals surface area (Å²) < 4.78 is 11.1. The molecule has 2 amide bonds. The molecule has 6 heteroatoms. The number of amides is 2. The van der Waals surface area contributed by atoms with Gasteiger partial charge in [-0.15, -0.1) is 0 Å². The first-order chi connectivity index (χ1) is 14.6. The minimum absolute atomic E-state index is 0.0390. The van der Waals surface area contributed by atoms with E-state index in [0.29, 0.717) is 34.9 Å². The van der Waals surface area contributed by atoms with E-state index in [2.05, 4.69) is 12.2 Å². The van der Waals surface area contributed by atoms with Gasteiger partial charge in [0.25, 0.3) is 11.8 Å². The third-order valence-electron chi connectivity index (χ3n) is 5.23. The SMILES string of the molecule is CCCCOc1ccc(C(=O)Nc2ccccc2C(=O)N2CCCCC2)cc1OC. The molecule has 0 aromatic heterocycles. The summed E-state index contributed by atoms with van der Waals surface area (Å²) in [6, 6.07) is 12.3. The maximum atomic E-state index is 12.9. The second-order valence-corrected chi connectivity index (χ2v) is 7.42. The minimum Gasteiger partial charge on any atom is -0.493 e. The van der Waals surface area contributed by atoms with Gasteiger partial charge in [-0.2, -0.15) is 0 Å². The zero-order valence-corrected chi connectivity index (χ0v) is 17.8. The molecule has 0 spiro atoms. The van der Waals surface area contributed by atoms with Crippen molar-refractivity contribution in [3.05, 3.63) is 53.6 Å². The summed E-state index contributed by atoms with van der Waals surface area (Å²) >= 11 is 0. The molecule has 0 aliphatic carbocycles. The molecule has 1 saturated heterocycles. The Morgan fingerprint density at radius 2 is 1.80 bits per heavy atom. The fourth-order valence-electron chi connectivity index (χ4n) is 3.49. The molecule has 0 atom stereocenters. The molecular formula is C24H30N2O4. The molecule has 2 aromatic carbocycles. The van der Waals surface area contributed by atoms with Crippen LogP contribution in [0.2, 0.25) is 0 Å². The van der Waals surface area contributed by atoms with Crippen LogP contribution in [0.3, 0.4) is 0 Å². The van der Waals surface area contributed by atoms with Crippen molar-refractivity contribution in [1.29, 1.82) is 0 Å². The molecule has 160 valence electrons. The Balaban J connectivity index is 1.75. The Morgan fingerprint density at radius 3 is 2.53 bits per heavy atom. The number of anilines is 1. The molecule has 0 radical (unpaired) electrons. The van der Waals surface area contributed by atoms with Crippen molar-refractivity contribution in [1.82, 2.24) is 4.90 Å². The Bertz CT molecular complexity index is 875. The number of para-hydroxylation sites is 1. The number of piperidine rings is 1. The van der Waals surface area contributed by atoms with E-state index >= 15 is 0 Å². The van der Waals surface area contributed by atoms with Gasteiger partial charge in [-0.05, 0) is 56.0 Å². The fraction of sp³-hybridized carbons (Fsp3) is 0.417. The van der Waals surface area contributed by atoms with Crippen LogP contribution in [0.4, 0.5) is 5.69 Å².